The topological polar surface area (TPSA) is 43.1 Å². The van der Waals surface area contributed by atoms with Gasteiger partial charge in [0.2, 0.25) is 0 Å². The zero-order valence-corrected chi connectivity index (χ0v) is 14.6. The predicted octanol–water partition coefficient (Wildman–Crippen LogP) is 4.53. The molecule has 0 bridgehead atoms. The Kier molecular flexibility index (Phi) is 5.69. The van der Waals surface area contributed by atoms with E-state index in [4.69, 9.17) is 0 Å². The molecule has 0 saturated carbocycles. The summed E-state index contributed by atoms with van der Waals surface area (Å²) in [5, 5.41) is 4.29. The first-order chi connectivity index (χ1) is 11.2. The zero-order chi connectivity index (χ0) is 17.9. The molecule has 2 aromatic heterocycles. The molecule has 0 amide bonds. The number of halogens is 3. The fourth-order valence-electron chi connectivity index (χ4n) is 2.16. The molecule has 0 aromatic carbocycles. The van der Waals surface area contributed by atoms with Crippen LogP contribution in [0.25, 0.3) is 5.69 Å². The van der Waals surface area contributed by atoms with E-state index in [0.29, 0.717) is 5.69 Å². The highest BCUT2D eigenvalue weighted by molar-refractivity contribution is 7.79. The summed E-state index contributed by atoms with van der Waals surface area (Å²) in [7, 11) is 0. The number of thiol groups is 1. The maximum atomic E-state index is 12.6. The highest BCUT2D eigenvalue weighted by atomic mass is 32.1. The number of hydrogen-bond acceptors (Lipinski definition) is 4. The second kappa shape index (κ2) is 7.38. The van der Waals surface area contributed by atoms with Gasteiger partial charge in [-0.3, -0.25) is 4.98 Å². The largest absolute Gasteiger partial charge is 0.433 e. The zero-order valence-electron chi connectivity index (χ0n) is 13.7. The van der Waals surface area contributed by atoms with Crippen LogP contribution in [-0.2, 0) is 12.6 Å². The van der Waals surface area contributed by atoms with Gasteiger partial charge in [0.15, 0.2) is 0 Å². The van der Waals surface area contributed by atoms with Crippen LogP contribution < -0.4 is 0 Å². The SMILES string of the molecule is CC(C)C.FC(F)(F)c1cc(-n2cc3c(n2)CC/C3=N\S)ccn1. The van der Waals surface area contributed by atoms with Gasteiger partial charge in [0.1, 0.15) is 5.69 Å². The van der Waals surface area contributed by atoms with Crippen LogP contribution in [0.3, 0.4) is 0 Å². The molecule has 8 heteroatoms. The Morgan fingerprint density at radius 3 is 2.50 bits per heavy atom. The van der Waals surface area contributed by atoms with Gasteiger partial charge in [-0.05, 0) is 43.7 Å². The van der Waals surface area contributed by atoms with Crippen molar-refractivity contribution in [2.24, 2.45) is 10.3 Å². The van der Waals surface area contributed by atoms with Gasteiger partial charge < -0.3 is 0 Å². The van der Waals surface area contributed by atoms with E-state index in [1.165, 1.54) is 10.7 Å². The van der Waals surface area contributed by atoms with Gasteiger partial charge in [-0.2, -0.15) is 18.3 Å². The van der Waals surface area contributed by atoms with Crippen molar-refractivity contribution in [3.8, 4) is 5.69 Å². The molecule has 0 aliphatic heterocycles. The van der Waals surface area contributed by atoms with E-state index < -0.39 is 11.9 Å². The summed E-state index contributed by atoms with van der Waals surface area (Å²) in [6.45, 7) is 6.50. The Morgan fingerprint density at radius 2 is 1.92 bits per heavy atom. The van der Waals surface area contributed by atoms with E-state index in [1.54, 1.807) is 6.20 Å². The summed E-state index contributed by atoms with van der Waals surface area (Å²) >= 11 is 3.88. The summed E-state index contributed by atoms with van der Waals surface area (Å²) in [5.41, 5.74) is 1.85. The summed E-state index contributed by atoms with van der Waals surface area (Å²) in [5.74, 6) is 0.833. The molecule has 4 nitrogen and oxygen atoms in total. The van der Waals surface area contributed by atoms with Crippen molar-refractivity contribution in [3.05, 3.63) is 41.5 Å². The van der Waals surface area contributed by atoms with Crippen LogP contribution in [0.5, 0.6) is 0 Å². The third kappa shape index (κ3) is 4.37. The molecule has 0 N–H and O–H groups in total. The predicted molar refractivity (Wildman–Crippen MR) is 90.7 cm³/mol. The lowest BCUT2D eigenvalue weighted by Crippen LogP contribution is -2.09. The molecule has 0 unspecified atom stereocenters. The van der Waals surface area contributed by atoms with Gasteiger partial charge in [-0.15, -0.1) is 0 Å². The minimum Gasteiger partial charge on any atom is -0.252 e. The standard InChI is InChI=1S/C12H9F3N4S.C4H10/c13-12(14,15)11-5-7(3-4-16-11)19-6-8-9(17-19)1-2-10(8)18-20;1-4(2)3/h3-6,20H,1-2H2;4H,1-3H3/b18-10+;. The molecule has 0 radical (unpaired) electrons. The maximum Gasteiger partial charge on any atom is 0.433 e. The minimum absolute atomic E-state index is 0.320. The molecule has 2 aromatic rings. The number of aryl methyl sites for hydroxylation is 1. The third-order valence-electron chi connectivity index (χ3n) is 3.12. The Morgan fingerprint density at radius 1 is 1.25 bits per heavy atom. The summed E-state index contributed by atoms with van der Waals surface area (Å²) in [6.07, 6.45) is -0.194. The molecule has 3 rings (SSSR count). The first-order valence-electron chi connectivity index (χ1n) is 7.55. The second-order valence-electron chi connectivity index (χ2n) is 6.11. The molecule has 0 atom stereocenters. The van der Waals surface area contributed by atoms with Gasteiger partial charge in [0, 0.05) is 18.0 Å². The Labute approximate surface area is 144 Å². The lowest BCUT2D eigenvalue weighted by molar-refractivity contribution is -0.141. The number of hydrogen-bond donors (Lipinski definition) is 1. The van der Waals surface area contributed by atoms with Crippen LogP contribution in [0.1, 0.15) is 44.1 Å². The number of rotatable bonds is 1. The molecular weight excluding hydrogens is 337 g/mol. The van der Waals surface area contributed by atoms with Crippen LogP contribution in [0, 0.1) is 5.92 Å². The van der Waals surface area contributed by atoms with Crippen molar-refractivity contribution in [2.45, 2.75) is 39.8 Å². The smallest absolute Gasteiger partial charge is 0.252 e. The van der Waals surface area contributed by atoms with Crippen molar-refractivity contribution < 1.29 is 13.2 Å². The molecule has 130 valence electrons. The van der Waals surface area contributed by atoms with Crippen molar-refractivity contribution >= 4 is 18.5 Å². The summed E-state index contributed by atoms with van der Waals surface area (Å²) < 4.78 is 43.2. The van der Waals surface area contributed by atoms with E-state index in [1.807, 2.05) is 0 Å². The fraction of sp³-hybridized carbons (Fsp3) is 0.438. The first kappa shape index (κ1) is 18.5. The Hall–Kier alpha value is -1.83. The minimum atomic E-state index is -4.47. The molecule has 2 heterocycles. The van der Waals surface area contributed by atoms with E-state index in [9.17, 15) is 13.2 Å². The number of pyridine rings is 1. The second-order valence-corrected chi connectivity index (χ2v) is 6.31. The normalized spacial score (nSPS) is 15.4. The maximum absolute atomic E-state index is 12.6. The summed E-state index contributed by atoms with van der Waals surface area (Å²) in [6, 6.07) is 2.45. The fourth-order valence-corrected chi connectivity index (χ4v) is 2.37. The van der Waals surface area contributed by atoms with Gasteiger partial charge >= 0.3 is 6.18 Å². The van der Waals surface area contributed by atoms with Crippen molar-refractivity contribution in [3.63, 3.8) is 0 Å². The van der Waals surface area contributed by atoms with Crippen LogP contribution in [0.15, 0.2) is 28.9 Å². The van der Waals surface area contributed by atoms with Crippen LogP contribution in [0.4, 0.5) is 13.2 Å². The Balaban J connectivity index is 0.000000471. The number of fused-ring (bicyclic) bond motifs is 1. The van der Waals surface area contributed by atoms with Gasteiger partial charge in [0.05, 0.1) is 17.1 Å². The van der Waals surface area contributed by atoms with E-state index in [-0.39, 0.29) is 0 Å². The lowest BCUT2D eigenvalue weighted by atomic mass is 10.2. The number of nitrogens with zero attached hydrogens (tertiary/aromatic N) is 4. The highest BCUT2D eigenvalue weighted by Gasteiger charge is 2.32. The quantitative estimate of drug-likeness (QED) is 0.763. The monoisotopic (exact) mass is 356 g/mol. The number of aromatic nitrogens is 3. The summed E-state index contributed by atoms with van der Waals surface area (Å²) in [4.78, 5) is 3.33. The van der Waals surface area contributed by atoms with E-state index in [2.05, 4.69) is 48.1 Å². The van der Waals surface area contributed by atoms with E-state index >= 15 is 0 Å². The van der Waals surface area contributed by atoms with Crippen LogP contribution >= 0.6 is 12.8 Å². The van der Waals surface area contributed by atoms with Gasteiger partial charge in [0.25, 0.3) is 0 Å². The van der Waals surface area contributed by atoms with E-state index in [0.717, 1.165) is 48.0 Å². The van der Waals surface area contributed by atoms with Crippen molar-refractivity contribution in [2.75, 3.05) is 0 Å². The third-order valence-corrected chi connectivity index (χ3v) is 3.36. The highest BCUT2D eigenvalue weighted by Crippen LogP contribution is 2.29. The van der Waals surface area contributed by atoms with Crippen LogP contribution in [0.2, 0.25) is 0 Å². The molecule has 1 aliphatic rings. The Bertz CT molecular complexity index is 732. The lowest BCUT2D eigenvalue weighted by Gasteiger charge is -2.07. The molecule has 24 heavy (non-hydrogen) atoms. The first-order valence-corrected chi connectivity index (χ1v) is 7.95. The molecule has 0 spiro atoms. The van der Waals surface area contributed by atoms with Crippen LogP contribution in [-0.4, -0.2) is 20.5 Å². The average Bonchev–Trinajstić information content (AvgIpc) is 3.05. The molecule has 1 aliphatic carbocycles. The molecular formula is C16H19F3N4S. The van der Waals surface area contributed by atoms with Gasteiger partial charge in [-0.1, -0.05) is 20.8 Å². The molecule has 0 saturated heterocycles. The van der Waals surface area contributed by atoms with Crippen molar-refractivity contribution in [1.82, 2.24) is 14.8 Å². The van der Waals surface area contributed by atoms with Crippen molar-refractivity contribution in [1.29, 1.82) is 0 Å². The average molecular weight is 356 g/mol. The molecule has 0 fully saturated rings. The van der Waals surface area contributed by atoms with Gasteiger partial charge in [-0.25, -0.2) is 9.08 Å². The number of alkyl halides is 3.